The third-order valence-corrected chi connectivity index (χ3v) is 9.83. The monoisotopic (exact) mass is 829 g/mol. The predicted molar refractivity (Wildman–Crippen MR) is 229 cm³/mol. The minimum Gasteiger partial charge on any atom is -1.00 e. The third kappa shape index (κ3) is 10.1. The van der Waals surface area contributed by atoms with Gasteiger partial charge in [0.05, 0.1) is 69.6 Å². The largest absolute Gasteiger partial charge is 1.00 e. The Bertz CT molecular complexity index is 2650. The number of benzene rings is 5. The summed E-state index contributed by atoms with van der Waals surface area (Å²) >= 11 is 5.99. The number of nitrogens with two attached hydrogens (primary N) is 1. The van der Waals surface area contributed by atoms with Crippen LogP contribution in [-0.4, -0.2) is 57.9 Å². The highest BCUT2D eigenvalue weighted by Gasteiger charge is 2.14. The van der Waals surface area contributed by atoms with Crippen LogP contribution in [0.25, 0.3) is 33.5 Å². The number of methoxy groups -OCH3 is 4. The van der Waals surface area contributed by atoms with Crippen LogP contribution in [0.5, 0.6) is 23.0 Å². The Morgan fingerprint density at radius 3 is 1.90 bits per heavy atom. The summed E-state index contributed by atoms with van der Waals surface area (Å²) in [5.41, 5.74) is 10.7. The number of quaternary nitrogens is 1. The maximum Gasteiger partial charge on any atom is 0.232 e. The molecule has 0 aliphatic carbocycles. The fraction of sp³-hybridized carbons (Fsp3) is 0.152. The first-order valence-corrected chi connectivity index (χ1v) is 19.1. The summed E-state index contributed by atoms with van der Waals surface area (Å²) in [6, 6.07) is 39.9. The molecule has 59 heavy (non-hydrogen) atoms. The van der Waals surface area contributed by atoms with E-state index in [9.17, 15) is 0 Å². The van der Waals surface area contributed by atoms with E-state index >= 15 is 0 Å². The molecule has 0 atom stereocenters. The number of ether oxygens (including phenoxy) is 4. The minimum atomic E-state index is 0. The van der Waals surface area contributed by atoms with Crippen molar-refractivity contribution in [1.82, 2.24) is 29.5 Å². The zero-order valence-electron chi connectivity index (χ0n) is 33.0. The van der Waals surface area contributed by atoms with Gasteiger partial charge in [0.25, 0.3) is 0 Å². The summed E-state index contributed by atoms with van der Waals surface area (Å²) in [6.45, 7) is 0.674. The number of fused-ring (bicyclic) bond motifs is 1. The molecule has 0 saturated carbocycles. The van der Waals surface area contributed by atoms with Crippen LogP contribution in [0.15, 0.2) is 140 Å². The number of hydrogen-bond donors (Lipinski definition) is 1. The Morgan fingerprint density at radius 2 is 1.20 bits per heavy atom. The second kappa shape index (κ2) is 20.2. The van der Waals surface area contributed by atoms with Crippen molar-refractivity contribution in [3.05, 3.63) is 163 Å². The van der Waals surface area contributed by atoms with Crippen molar-refractivity contribution in [3.8, 4) is 45.5 Å². The molecular formula is C46H45Cl2N7O4. The quantitative estimate of drug-likeness (QED) is 0.113. The van der Waals surface area contributed by atoms with Gasteiger partial charge in [-0.1, -0.05) is 42.5 Å². The fourth-order valence-electron chi connectivity index (χ4n) is 6.71. The molecule has 8 rings (SSSR count). The number of imidazole rings is 1. The van der Waals surface area contributed by atoms with Crippen LogP contribution in [0.1, 0.15) is 23.8 Å². The Kier molecular flexibility index (Phi) is 14.4. The molecule has 0 fully saturated rings. The van der Waals surface area contributed by atoms with Gasteiger partial charge in [-0.15, -0.1) is 11.6 Å². The molecule has 11 nitrogen and oxygen atoms in total. The van der Waals surface area contributed by atoms with Gasteiger partial charge in [-0.3, -0.25) is 5.32 Å². The standard InChI is InChI=1S/C27H24N4O2.C19H18ClN3O2.ClH.H2/c1-32-26-12-11-19(13-20(26)16-31-18-30-23-8-4-5-9-25(23)31)14-21-15-24(29-17-28-21)22-7-3-6-10-27(22)33-2;1-24-17-8-7-14(9-13(17)11-20)23-19-10-16(21-12-22-19)15-5-3-4-6-18(15)25-2;;/h3-13,15,17-18H,14,16H2,1-2H3;3-10,12H,11H2,1-2H3,(H,21,22,23);2*1H. The molecule has 0 unspecified atom stereocenters. The maximum absolute atomic E-state index is 5.99. The van der Waals surface area contributed by atoms with Crippen LogP contribution in [0.4, 0.5) is 11.5 Å². The van der Waals surface area contributed by atoms with E-state index in [4.69, 9.17) is 30.5 Å². The van der Waals surface area contributed by atoms with E-state index in [1.54, 1.807) is 41.1 Å². The zero-order valence-corrected chi connectivity index (χ0v) is 34.6. The van der Waals surface area contributed by atoms with E-state index < -0.39 is 0 Å². The Balaban J connectivity index is 0.000000228. The SMILES string of the molecule is COc1ccc(Cc2cc(-c3ccccc3OC)ncn2)cc1Cn1cnc2ccccc21.COc1ccc([NH2+]c2cc(-c3ccccc3OC)ncn2)cc1CCl.[Cl-].[HH]. The number of nitrogens with zero attached hydrogens (tertiary/aromatic N) is 6. The highest BCUT2D eigenvalue weighted by atomic mass is 35.5. The summed E-state index contributed by atoms with van der Waals surface area (Å²) in [6.07, 6.45) is 5.73. The Labute approximate surface area is 355 Å². The molecule has 2 N–H and O–H groups in total. The Morgan fingerprint density at radius 1 is 0.593 bits per heavy atom. The number of halogens is 2. The average molecular weight is 831 g/mol. The van der Waals surface area contributed by atoms with E-state index in [0.29, 0.717) is 18.8 Å². The molecule has 3 aromatic heterocycles. The second-order valence-electron chi connectivity index (χ2n) is 13.2. The molecular weight excluding hydrogens is 785 g/mol. The summed E-state index contributed by atoms with van der Waals surface area (Å²) < 4.78 is 24.0. The van der Waals surface area contributed by atoms with Crippen LogP contribution < -0.4 is 36.7 Å². The van der Waals surface area contributed by atoms with E-state index in [-0.39, 0.29) is 13.8 Å². The summed E-state index contributed by atoms with van der Waals surface area (Å²) in [7, 11) is 6.66. The maximum atomic E-state index is 5.99. The van der Waals surface area contributed by atoms with E-state index in [1.807, 2.05) is 115 Å². The molecule has 0 saturated heterocycles. The van der Waals surface area contributed by atoms with Crippen LogP contribution in [0, 0.1) is 0 Å². The number of alkyl halides is 1. The second-order valence-corrected chi connectivity index (χ2v) is 13.4. The number of aromatic nitrogens is 6. The average Bonchev–Trinajstić information content (AvgIpc) is 3.69. The third-order valence-electron chi connectivity index (χ3n) is 9.54. The van der Waals surface area contributed by atoms with Crippen molar-refractivity contribution >= 4 is 34.1 Å². The van der Waals surface area contributed by atoms with E-state index in [2.05, 4.69) is 47.7 Å². The topological polar surface area (TPSA) is 123 Å². The van der Waals surface area contributed by atoms with Gasteiger partial charge in [0.1, 0.15) is 41.3 Å². The molecule has 8 aromatic rings. The van der Waals surface area contributed by atoms with Crippen molar-refractivity contribution in [2.45, 2.75) is 18.8 Å². The molecule has 0 bridgehead atoms. The zero-order chi connectivity index (χ0) is 40.3. The first-order chi connectivity index (χ1) is 28.5. The van der Waals surface area contributed by atoms with Crippen molar-refractivity contribution < 1.29 is 38.1 Å². The predicted octanol–water partition coefficient (Wildman–Crippen LogP) is 5.83. The van der Waals surface area contributed by atoms with Gasteiger partial charge >= 0.3 is 0 Å². The lowest BCUT2D eigenvalue weighted by molar-refractivity contribution is -0.483. The lowest BCUT2D eigenvalue weighted by Gasteiger charge is -2.13. The molecule has 0 spiro atoms. The summed E-state index contributed by atoms with van der Waals surface area (Å²) in [5.74, 6) is 4.41. The van der Waals surface area contributed by atoms with Gasteiger partial charge in [0.15, 0.2) is 0 Å². The molecule has 0 radical (unpaired) electrons. The molecule has 13 heteroatoms. The Hall–Kier alpha value is -6.53. The molecule has 3 heterocycles. The molecule has 302 valence electrons. The van der Waals surface area contributed by atoms with Crippen molar-refractivity contribution in [2.75, 3.05) is 28.4 Å². The van der Waals surface area contributed by atoms with Gasteiger partial charge < -0.3 is 35.9 Å². The van der Waals surface area contributed by atoms with E-state index in [0.717, 1.165) is 90.4 Å². The molecule has 0 aliphatic heterocycles. The normalized spacial score (nSPS) is 10.6. The van der Waals surface area contributed by atoms with Crippen molar-refractivity contribution in [1.29, 1.82) is 0 Å². The molecule has 0 amide bonds. The van der Waals surface area contributed by atoms with Crippen LogP contribution in [0.3, 0.4) is 0 Å². The van der Waals surface area contributed by atoms with Crippen molar-refractivity contribution in [2.24, 2.45) is 0 Å². The van der Waals surface area contributed by atoms with Crippen molar-refractivity contribution in [3.63, 3.8) is 0 Å². The van der Waals surface area contributed by atoms with Gasteiger partial charge in [-0.2, -0.15) is 4.98 Å². The van der Waals surface area contributed by atoms with Gasteiger partial charge in [0.2, 0.25) is 5.82 Å². The first-order valence-electron chi connectivity index (χ1n) is 18.5. The molecule has 5 aromatic carbocycles. The van der Waals surface area contributed by atoms with E-state index in [1.165, 1.54) is 0 Å². The molecule has 0 aliphatic rings. The smallest absolute Gasteiger partial charge is 0.232 e. The lowest BCUT2D eigenvalue weighted by Crippen LogP contribution is -3.00. The van der Waals surface area contributed by atoms with Gasteiger partial charge in [-0.05, 0) is 66.2 Å². The lowest BCUT2D eigenvalue weighted by atomic mass is 10.0. The number of hydrogen-bond acceptors (Lipinski definition) is 9. The van der Waals surface area contributed by atoms with Gasteiger partial charge in [0, 0.05) is 54.0 Å². The highest BCUT2D eigenvalue weighted by Crippen LogP contribution is 2.30. The summed E-state index contributed by atoms with van der Waals surface area (Å²) in [5, 5.41) is 1.98. The first kappa shape index (κ1) is 42.1. The van der Waals surface area contributed by atoms with Crippen LogP contribution in [0.2, 0.25) is 0 Å². The summed E-state index contributed by atoms with van der Waals surface area (Å²) in [4.78, 5) is 22.2. The van der Waals surface area contributed by atoms with Crippen LogP contribution >= 0.6 is 11.6 Å². The van der Waals surface area contributed by atoms with Crippen LogP contribution in [-0.2, 0) is 18.8 Å². The fourth-order valence-corrected chi connectivity index (χ4v) is 6.92. The number of para-hydroxylation sites is 4. The number of rotatable bonds is 13. The minimum absolute atomic E-state index is 0. The van der Waals surface area contributed by atoms with Gasteiger partial charge in [-0.25, -0.2) is 19.9 Å². The highest BCUT2D eigenvalue weighted by molar-refractivity contribution is 6.17.